The minimum absolute atomic E-state index is 0.281. The molecule has 4 fully saturated rings. The van der Waals surface area contributed by atoms with E-state index in [1.165, 1.54) is 70.0 Å². The van der Waals surface area contributed by atoms with Crippen LogP contribution in [0.25, 0.3) is 60.6 Å². The van der Waals surface area contributed by atoms with Gasteiger partial charge in [-0.05, 0) is 115 Å². The molecule has 264 valence electrons. The third-order valence-corrected chi connectivity index (χ3v) is 14.6. The van der Waals surface area contributed by atoms with Crippen LogP contribution in [0.15, 0.2) is 168 Å². The zero-order chi connectivity index (χ0) is 35.8. The maximum atomic E-state index is 6.78. The van der Waals surface area contributed by atoms with Crippen molar-refractivity contribution in [3.8, 4) is 16.8 Å². The Morgan fingerprint density at radius 2 is 1.16 bits per heavy atom. The summed E-state index contributed by atoms with van der Waals surface area (Å²) in [5, 5.41) is 4.87. The first-order valence-electron chi connectivity index (χ1n) is 20.2. The van der Waals surface area contributed by atoms with Gasteiger partial charge in [-0.2, -0.15) is 0 Å². The molecule has 3 heteroatoms. The van der Waals surface area contributed by atoms with Gasteiger partial charge in [0.25, 0.3) is 0 Å². The van der Waals surface area contributed by atoms with Crippen molar-refractivity contribution in [3.63, 3.8) is 0 Å². The maximum absolute atomic E-state index is 6.78. The molecule has 9 aromatic rings. The van der Waals surface area contributed by atoms with Gasteiger partial charge < -0.3 is 13.9 Å². The van der Waals surface area contributed by atoms with E-state index in [1.807, 2.05) is 0 Å². The van der Waals surface area contributed by atoms with E-state index >= 15 is 0 Å². The molecule has 4 aliphatic rings. The largest absolute Gasteiger partial charge is 0.454 e. The molecule has 4 aliphatic carbocycles. The lowest BCUT2D eigenvalue weighted by atomic mass is 9.53. The Morgan fingerprint density at radius 3 is 2.00 bits per heavy atom. The molecule has 13 rings (SSSR count). The molecule has 7 aromatic carbocycles. The number of benzene rings is 7. The fourth-order valence-corrected chi connectivity index (χ4v) is 12.7. The molecule has 3 nitrogen and oxygen atoms in total. The number of para-hydroxylation sites is 6. The van der Waals surface area contributed by atoms with Crippen LogP contribution < -0.4 is 4.90 Å². The Labute approximate surface area is 320 Å². The Balaban J connectivity index is 0.993. The lowest BCUT2D eigenvalue weighted by Crippen LogP contribution is -2.47. The lowest BCUT2D eigenvalue weighted by molar-refractivity contribution is 0.0688. The number of furan rings is 1. The summed E-state index contributed by atoms with van der Waals surface area (Å²) in [6, 6.07) is 60.3. The average Bonchev–Trinajstić information content (AvgIpc) is 3.89. The SMILES string of the molecule is c1ccc(-n2c3ccccc3c3ccccc32)c(-c2ccc(N(c3ccccc3[C@]34CC5C[C@H]6CC(C3)[C@H]6C54)c3cccc4c3oc3ccccc34)cc2)c1. The molecule has 0 radical (unpaired) electrons. The third-order valence-electron chi connectivity index (χ3n) is 14.6. The maximum Gasteiger partial charge on any atom is 0.159 e. The highest BCUT2D eigenvalue weighted by Gasteiger charge is 2.73. The second-order valence-electron chi connectivity index (χ2n) is 17.0. The van der Waals surface area contributed by atoms with Gasteiger partial charge in [0.15, 0.2) is 5.58 Å². The van der Waals surface area contributed by atoms with Crippen LogP contribution in [0.4, 0.5) is 17.1 Å². The molecule has 6 atom stereocenters. The van der Waals surface area contributed by atoms with Gasteiger partial charge in [-0.3, -0.25) is 0 Å². The number of hydrogen-bond acceptors (Lipinski definition) is 2. The molecule has 2 aromatic heterocycles. The second-order valence-corrected chi connectivity index (χ2v) is 17.0. The third kappa shape index (κ3) is 4.01. The number of rotatable bonds is 6. The van der Waals surface area contributed by atoms with E-state index in [0.717, 1.165) is 62.9 Å². The number of nitrogens with zero attached hydrogens (tertiary/aromatic N) is 2. The zero-order valence-corrected chi connectivity index (χ0v) is 30.6. The van der Waals surface area contributed by atoms with Crippen LogP contribution in [0.2, 0.25) is 0 Å². The van der Waals surface area contributed by atoms with Gasteiger partial charge in [0.2, 0.25) is 0 Å². The summed E-state index contributed by atoms with van der Waals surface area (Å²) in [5.41, 5.74) is 13.3. The molecule has 4 saturated carbocycles. The average molecular weight is 709 g/mol. The first kappa shape index (κ1) is 30.3. The van der Waals surface area contributed by atoms with E-state index in [-0.39, 0.29) is 5.41 Å². The van der Waals surface area contributed by atoms with Gasteiger partial charge in [0.1, 0.15) is 5.58 Å². The van der Waals surface area contributed by atoms with Crippen molar-refractivity contribution in [1.29, 1.82) is 0 Å². The molecular formula is C52H40N2O. The molecular weight excluding hydrogens is 669 g/mol. The fourth-order valence-electron chi connectivity index (χ4n) is 12.7. The fraction of sp³-hybridized carbons (Fsp3) is 0.192. The van der Waals surface area contributed by atoms with Gasteiger partial charge in [0.05, 0.1) is 28.1 Å². The minimum Gasteiger partial charge on any atom is -0.454 e. The summed E-state index contributed by atoms with van der Waals surface area (Å²) < 4.78 is 9.21. The smallest absolute Gasteiger partial charge is 0.159 e. The van der Waals surface area contributed by atoms with Crippen LogP contribution >= 0.6 is 0 Å². The van der Waals surface area contributed by atoms with Crippen LogP contribution in [-0.2, 0) is 5.41 Å². The number of aromatic nitrogens is 1. The second kappa shape index (κ2) is 11.0. The Morgan fingerprint density at radius 1 is 0.527 bits per heavy atom. The number of hydrogen-bond donors (Lipinski definition) is 0. The van der Waals surface area contributed by atoms with Crippen LogP contribution in [-0.4, -0.2) is 4.57 Å². The lowest BCUT2D eigenvalue weighted by Gasteiger charge is -2.52. The molecule has 0 spiro atoms. The van der Waals surface area contributed by atoms with Gasteiger partial charge in [-0.25, -0.2) is 0 Å². The van der Waals surface area contributed by atoms with Gasteiger partial charge >= 0.3 is 0 Å². The molecule has 0 N–H and O–H groups in total. The molecule has 0 amide bonds. The monoisotopic (exact) mass is 708 g/mol. The van der Waals surface area contributed by atoms with E-state index in [2.05, 4.69) is 173 Å². The molecule has 3 unspecified atom stereocenters. The molecule has 55 heavy (non-hydrogen) atoms. The van der Waals surface area contributed by atoms with Gasteiger partial charge in [-0.1, -0.05) is 115 Å². The number of fused-ring (bicyclic) bond motifs is 6. The van der Waals surface area contributed by atoms with Crippen molar-refractivity contribution in [1.82, 2.24) is 4.57 Å². The van der Waals surface area contributed by atoms with E-state index in [0.29, 0.717) is 0 Å². The summed E-state index contributed by atoms with van der Waals surface area (Å²) in [5.74, 6) is 4.61. The van der Waals surface area contributed by atoms with E-state index in [4.69, 9.17) is 4.42 Å². The van der Waals surface area contributed by atoms with E-state index in [9.17, 15) is 0 Å². The van der Waals surface area contributed by atoms with Crippen molar-refractivity contribution in [3.05, 3.63) is 169 Å². The highest BCUT2D eigenvalue weighted by Crippen LogP contribution is 2.79. The normalized spacial score (nSPS) is 24.7. The zero-order valence-electron chi connectivity index (χ0n) is 30.6. The predicted octanol–water partition coefficient (Wildman–Crippen LogP) is 13.8. The summed E-state index contributed by atoms with van der Waals surface area (Å²) in [4.78, 5) is 2.53. The topological polar surface area (TPSA) is 21.3 Å². The van der Waals surface area contributed by atoms with Crippen molar-refractivity contribution in [2.24, 2.45) is 29.6 Å². The predicted molar refractivity (Wildman–Crippen MR) is 226 cm³/mol. The summed E-state index contributed by atoms with van der Waals surface area (Å²) >= 11 is 0. The summed E-state index contributed by atoms with van der Waals surface area (Å²) in [6.45, 7) is 0. The van der Waals surface area contributed by atoms with Crippen molar-refractivity contribution in [2.75, 3.05) is 4.90 Å². The van der Waals surface area contributed by atoms with Gasteiger partial charge in [-0.15, -0.1) is 0 Å². The Kier molecular flexibility index (Phi) is 6.06. The minimum atomic E-state index is 0.281. The van der Waals surface area contributed by atoms with Crippen LogP contribution in [0, 0.1) is 29.6 Å². The highest BCUT2D eigenvalue weighted by molar-refractivity contribution is 6.11. The number of anilines is 3. The quantitative estimate of drug-likeness (QED) is 0.171. The van der Waals surface area contributed by atoms with Crippen molar-refractivity contribution < 1.29 is 4.42 Å². The summed E-state index contributed by atoms with van der Waals surface area (Å²) in [6.07, 6.45) is 5.63. The summed E-state index contributed by atoms with van der Waals surface area (Å²) in [7, 11) is 0. The van der Waals surface area contributed by atoms with Crippen LogP contribution in [0.1, 0.15) is 31.2 Å². The van der Waals surface area contributed by atoms with Crippen LogP contribution in [0.3, 0.4) is 0 Å². The molecule has 0 bridgehead atoms. The first-order valence-corrected chi connectivity index (χ1v) is 20.2. The van der Waals surface area contributed by atoms with Crippen molar-refractivity contribution in [2.45, 2.75) is 31.1 Å². The molecule has 0 saturated heterocycles. The first-order chi connectivity index (χ1) is 27.2. The molecule has 2 heterocycles. The molecule has 0 aliphatic heterocycles. The van der Waals surface area contributed by atoms with Crippen LogP contribution in [0.5, 0.6) is 0 Å². The van der Waals surface area contributed by atoms with Crippen molar-refractivity contribution >= 4 is 60.8 Å². The van der Waals surface area contributed by atoms with E-state index in [1.54, 1.807) is 5.56 Å². The standard InChI is InChI=1S/C52H40N2O/c1-6-18-43(54-44-19-7-2-13-38(44)39-14-3-8-20-45(39)54)37(12-1)32-24-26-36(27-25-32)53(47-22-11-16-41-40-15-4-10-23-48(40)55-51(41)47)46-21-9-5-17-42(46)52-30-34-28-33-29-35(31-52)50(52)49(33)34/h1-27,33-35,49-50H,28-31H2/t33-,34?,35?,49+,50?,52-/m1/s1. The Bertz CT molecular complexity index is 2950. The van der Waals surface area contributed by atoms with E-state index < -0.39 is 0 Å². The highest BCUT2D eigenvalue weighted by atomic mass is 16.3. The Hall–Kier alpha value is -6.06. The van der Waals surface area contributed by atoms with Gasteiger partial charge in [0, 0.05) is 38.2 Å².